The van der Waals surface area contributed by atoms with Gasteiger partial charge in [0.05, 0.1) is 5.75 Å². The Morgan fingerprint density at radius 1 is 1.19 bits per heavy atom. The zero-order valence-corrected chi connectivity index (χ0v) is 14.0. The summed E-state index contributed by atoms with van der Waals surface area (Å²) in [5.74, 6) is 1.73. The minimum atomic E-state index is -3.03. The fourth-order valence-corrected chi connectivity index (χ4v) is 3.76. The first-order valence-corrected chi connectivity index (χ1v) is 9.26. The summed E-state index contributed by atoms with van der Waals surface area (Å²) < 4.78 is 27.4. The van der Waals surface area contributed by atoms with Gasteiger partial charge in [-0.25, -0.2) is 13.4 Å². The number of aromatic nitrogens is 2. The van der Waals surface area contributed by atoms with Gasteiger partial charge in [-0.1, -0.05) is 13.8 Å². The molecule has 0 spiro atoms. The van der Waals surface area contributed by atoms with E-state index in [1.54, 1.807) is 11.2 Å². The van der Waals surface area contributed by atoms with Crippen LogP contribution in [0.3, 0.4) is 0 Å². The number of rotatable bonds is 6. The van der Waals surface area contributed by atoms with Crippen molar-refractivity contribution in [3.8, 4) is 0 Å². The molecular weight excluding hydrogens is 288 g/mol. The summed E-state index contributed by atoms with van der Waals surface area (Å²) in [6, 6.07) is 0. The third-order valence-electron chi connectivity index (χ3n) is 4.01. The first-order chi connectivity index (χ1) is 9.94. The van der Waals surface area contributed by atoms with E-state index in [0.29, 0.717) is 19.0 Å². The molecule has 1 aliphatic rings. The largest absolute Gasteiger partial charge is 0.333 e. The minimum absolute atomic E-state index is 0.194. The van der Waals surface area contributed by atoms with Crippen molar-refractivity contribution in [3.63, 3.8) is 0 Å². The minimum Gasteiger partial charge on any atom is -0.333 e. The van der Waals surface area contributed by atoms with E-state index in [1.165, 1.54) is 0 Å². The Hall–Kier alpha value is -0.920. The molecule has 6 nitrogen and oxygen atoms in total. The number of hydrogen-bond donors (Lipinski definition) is 0. The summed E-state index contributed by atoms with van der Waals surface area (Å²) in [6.45, 7) is 10.7. The summed E-state index contributed by atoms with van der Waals surface area (Å²) in [4.78, 5) is 6.72. The Kier molecular flexibility index (Phi) is 5.40. The lowest BCUT2D eigenvalue weighted by atomic mass is 10.2. The zero-order chi connectivity index (χ0) is 15.5. The highest BCUT2D eigenvalue weighted by molar-refractivity contribution is 7.89. The summed E-state index contributed by atoms with van der Waals surface area (Å²) in [7, 11) is -3.03. The number of sulfonamides is 1. The van der Waals surface area contributed by atoms with E-state index >= 15 is 0 Å². The molecule has 120 valence electrons. The Morgan fingerprint density at radius 2 is 1.86 bits per heavy atom. The maximum atomic E-state index is 11.8. The Balaban J connectivity index is 1.83. The lowest BCUT2D eigenvalue weighted by molar-refractivity contribution is 0.182. The molecule has 0 bridgehead atoms. The molecule has 21 heavy (non-hydrogen) atoms. The Labute approximate surface area is 127 Å². The van der Waals surface area contributed by atoms with Crippen molar-refractivity contribution in [3.05, 3.63) is 18.2 Å². The van der Waals surface area contributed by atoms with Crippen molar-refractivity contribution in [1.82, 2.24) is 18.8 Å². The maximum Gasteiger partial charge on any atom is 0.213 e. The number of piperazine rings is 1. The quantitative estimate of drug-likeness (QED) is 0.785. The topological polar surface area (TPSA) is 58.4 Å². The first kappa shape index (κ1) is 16.5. The molecule has 0 atom stereocenters. The van der Waals surface area contributed by atoms with Crippen molar-refractivity contribution in [2.75, 3.05) is 38.5 Å². The molecule has 7 heteroatoms. The van der Waals surface area contributed by atoms with Crippen LogP contribution in [0.4, 0.5) is 0 Å². The van der Waals surface area contributed by atoms with Gasteiger partial charge in [-0.3, -0.25) is 4.90 Å². The van der Waals surface area contributed by atoms with E-state index in [-0.39, 0.29) is 5.75 Å². The van der Waals surface area contributed by atoms with E-state index < -0.39 is 10.0 Å². The SMILES string of the molecule is CCS(=O)(=O)N1CCN(CCn2ccnc2C(C)C)CC1. The first-order valence-electron chi connectivity index (χ1n) is 7.65. The van der Waals surface area contributed by atoms with Gasteiger partial charge in [-0.05, 0) is 6.92 Å². The third kappa shape index (κ3) is 4.05. The van der Waals surface area contributed by atoms with Crippen molar-refractivity contribution >= 4 is 10.0 Å². The highest BCUT2D eigenvalue weighted by atomic mass is 32.2. The predicted octanol–water partition coefficient (Wildman–Crippen LogP) is 0.974. The lowest BCUT2D eigenvalue weighted by Crippen LogP contribution is -2.49. The van der Waals surface area contributed by atoms with E-state index in [9.17, 15) is 8.42 Å². The fourth-order valence-electron chi connectivity index (χ4n) is 2.67. The molecule has 0 saturated carbocycles. The van der Waals surface area contributed by atoms with Crippen LogP contribution in [0.5, 0.6) is 0 Å². The van der Waals surface area contributed by atoms with Crippen LogP contribution in [-0.4, -0.2) is 65.7 Å². The monoisotopic (exact) mass is 314 g/mol. The van der Waals surface area contributed by atoms with Gasteiger partial charge >= 0.3 is 0 Å². The summed E-state index contributed by atoms with van der Waals surface area (Å²) in [5.41, 5.74) is 0. The van der Waals surface area contributed by atoms with Crippen LogP contribution in [0.1, 0.15) is 32.5 Å². The standard InChI is InChI=1S/C14H26N4O2S/c1-4-21(19,20)18-11-8-16(9-12-18)7-10-17-6-5-15-14(17)13(2)3/h5-6,13H,4,7-12H2,1-3H3. The summed E-state index contributed by atoms with van der Waals surface area (Å²) in [6.07, 6.45) is 3.87. The summed E-state index contributed by atoms with van der Waals surface area (Å²) >= 11 is 0. The van der Waals surface area contributed by atoms with Crippen LogP contribution < -0.4 is 0 Å². The number of imidazole rings is 1. The highest BCUT2D eigenvalue weighted by Crippen LogP contribution is 2.12. The van der Waals surface area contributed by atoms with Crippen molar-refractivity contribution in [2.24, 2.45) is 0 Å². The molecule has 0 aliphatic carbocycles. The molecule has 0 amide bonds. The fraction of sp³-hybridized carbons (Fsp3) is 0.786. The van der Waals surface area contributed by atoms with Gasteiger partial charge in [0.2, 0.25) is 10.0 Å². The summed E-state index contributed by atoms with van der Waals surface area (Å²) in [5, 5.41) is 0. The molecule has 0 N–H and O–H groups in total. The molecule has 2 rings (SSSR count). The van der Waals surface area contributed by atoms with E-state index in [2.05, 4.69) is 28.3 Å². The van der Waals surface area contributed by atoms with Crippen LogP contribution in [0.2, 0.25) is 0 Å². The van der Waals surface area contributed by atoms with E-state index in [1.807, 2.05) is 12.4 Å². The van der Waals surface area contributed by atoms with Crippen LogP contribution in [0.25, 0.3) is 0 Å². The van der Waals surface area contributed by atoms with Crippen molar-refractivity contribution in [2.45, 2.75) is 33.2 Å². The average Bonchev–Trinajstić information content (AvgIpc) is 2.94. The van der Waals surface area contributed by atoms with Crippen LogP contribution in [0.15, 0.2) is 12.4 Å². The molecule has 1 aliphatic heterocycles. The van der Waals surface area contributed by atoms with Gasteiger partial charge in [0.25, 0.3) is 0 Å². The number of hydrogen-bond acceptors (Lipinski definition) is 4. The Morgan fingerprint density at radius 3 is 2.43 bits per heavy atom. The molecular formula is C14H26N4O2S. The second-order valence-corrected chi connectivity index (χ2v) is 8.03. The molecule has 2 heterocycles. The normalized spacial score (nSPS) is 18.5. The van der Waals surface area contributed by atoms with E-state index in [4.69, 9.17) is 0 Å². The molecule has 0 unspecified atom stereocenters. The molecule has 0 radical (unpaired) electrons. The zero-order valence-electron chi connectivity index (χ0n) is 13.2. The van der Waals surface area contributed by atoms with Gasteiger partial charge in [0.15, 0.2) is 0 Å². The van der Waals surface area contributed by atoms with E-state index in [0.717, 1.165) is 32.0 Å². The Bertz CT molecular complexity index is 545. The maximum absolute atomic E-state index is 11.8. The second-order valence-electron chi connectivity index (χ2n) is 5.77. The lowest BCUT2D eigenvalue weighted by Gasteiger charge is -2.33. The average molecular weight is 314 g/mol. The van der Waals surface area contributed by atoms with Crippen LogP contribution in [0, 0.1) is 0 Å². The van der Waals surface area contributed by atoms with Crippen LogP contribution >= 0.6 is 0 Å². The number of nitrogens with zero attached hydrogens (tertiary/aromatic N) is 4. The molecule has 1 aromatic heterocycles. The van der Waals surface area contributed by atoms with Gasteiger partial charge in [-0.15, -0.1) is 0 Å². The van der Waals surface area contributed by atoms with Gasteiger partial charge in [0.1, 0.15) is 5.82 Å². The van der Waals surface area contributed by atoms with Gasteiger partial charge < -0.3 is 4.57 Å². The highest BCUT2D eigenvalue weighted by Gasteiger charge is 2.25. The van der Waals surface area contributed by atoms with Gasteiger partial charge in [-0.2, -0.15) is 4.31 Å². The van der Waals surface area contributed by atoms with Crippen molar-refractivity contribution in [1.29, 1.82) is 0 Å². The van der Waals surface area contributed by atoms with Crippen LogP contribution in [-0.2, 0) is 16.6 Å². The third-order valence-corrected chi connectivity index (χ3v) is 5.89. The van der Waals surface area contributed by atoms with Gasteiger partial charge in [0, 0.05) is 57.6 Å². The smallest absolute Gasteiger partial charge is 0.213 e. The molecule has 1 fully saturated rings. The molecule has 1 aromatic rings. The predicted molar refractivity (Wildman–Crippen MR) is 83.8 cm³/mol. The molecule has 1 saturated heterocycles. The molecule has 0 aromatic carbocycles. The second kappa shape index (κ2) is 6.89. The van der Waals surface area contributed by atoms with Crippen molar-refractivity contribution < 1.29 is 8.42 Å².